The van der Waals surface area contributed by atoms with Crippen molar-refractivity contribution in [1.29, 1.82) is 0 Å². The summed E-state index contributed by atoms with van der Waals surface area (Å²) in [6.45, 7) is 0.939. The van der Waals surface area contributed by atoms with E-state index in [1.54, 1.807) is 7.11 Å². The van der Waals surface area contributed by atoms with Crippen molar-refractivity contribution in [1.82, 2.24) is 5.32 Å². The van der Waals surface area contributed by atoms with Gasteiger partial charge in [0.1, 0.15) is 5.75 Å². The Kier molecular flexibility index (Phi) is 4.24. The third kappa shape index (κ3) is 2.98. The van der Waals surface area contributed by atoms with E-state index < -0.39 is 0 Å². The Morgan fingerprint density at radius 1 is 1.38 bits per heavy atom. The van der Waals surface area contributed by atoms with Gasteiger partial charge in [0.2, 0.25) is 0 Å². The maximum absolute atomic E-state index is 5.28. The van der Waals surface area contributed by atoms with Gasteiger partial charge in [-0.05, 0) is 46.5 Å². The maximum atomic E-state index is 5.28. The Balaban J connectivity index is 1.93. The fraction of sp³-hybridized carbons (Fsp3) is 0.538. The fourth-order valence-corrected chi connectivity index (χ4v) is 2.61. The topological polar surface area (TPSA) is 21.3 Å². The lowest BCUT2D eigenvalue weighted by Gasteiger charge is -2.12. The zero-order valence-electron chi connectivity index (χ0n) is 9.63. The Hall–Kier alpha value is -0.540. The van der Waals surface area contributed by atoms with E-state index in [9.17, 15) is 0 Å². The highest BCUT2D eigenvalue weighted by atomic mass is 79.9. The van der Waals surface area contributed by atoms with Crippen molar-refractivity contribution in [3.8, 4) is 5.75 Å². The second-order valence-electron chi connectivity index (χ2n) is 4.33. The quantitative estimate of drug-likeness (QED) is 0.913. The Morgan fingerprint density at radius 3 is 2.81 bits per heavy atom. The van der Waals surface area contributed by atoms with Crippen LogP contribution in [0.25, 0.3) is 0 Å². The van der Waals surface area contributed by atoms with E-state index >= 15 is 0 Å². The average molecular weight is 284 g/mol. The number of methoxy groups -OCH3 is 1. The highest BCUT2D eigenvalue weighted by Gasteiger charge is 2.13. The van der Waals surface area contributed by atoms with Crippen LogP contribution in [0.1, 0.15) is 31.2 Å². The van der Waals surface area contributed by atoms with Crippen LogP contribution in [0.5, 0.6) is 5.75 Å². The van der Waals surface area contributed by atoms with Crippen LogP contribution in [0.15, 0.2) is 22.7 Å². The molecule has 1 N–H and O–H groups in total. The van der Waals surface area contributed by atoms with Gasteiger partial charge >= 0.3 is 0 Å². The van der Waals surface area contributed by atoms with Crippen LogP contribution >= 0.6 is 15.9 Å². The van der Waals surface area contributed by atoms with Gasteiger partial charge in [-0.1, -0.05) is 18.9 Å². The minimum Gasteiger partial charge on any atom is -0.496 e. The highest BCUT2D eigenvalue weighted by molar-refractivity contribution is 9.10. The van der Waals surface area contributed by atoms with Crippen molar-refractivity contribution in [2.24, 2.45) is 0 Å². The van der Waals surface area contributed by atoms with Gasteiger partial charge < -0.3 is 10.1 Å². The van der Waals surface area contributed by atoms with Crippen molar-refractivity contribution in [2.45, 2.75) is 38.3 Å². The molecule has 0 atom stereocenters. The largest absolute Gasteiger partial charge is 0.496 e. The van der Waals surface area contributed by atoms with E-state index in [-0.39, 0.29) is 0 Å². The van der Waals surface area contributed by atoms with Gasteiger partial charge in [-0.2, -0.15) is 0 Å². The molecule has 1 aromatic carbocycles. The number of rotatable bonds is 4. The molecule has 0 spiro atoms. The van der Waals surface area contributed by atoms with Gasteiger partial charge in [0.25, 0.3) is 0 Å². The standard InChI is InChI=1S/C13H18BrNO/c1-16-13-8-10(6-7-12(13)14)9-15-11-4-2-3-5-11/h6-8,11,15H,2-5,9H2,1H3. The molecule has 0 heterocycles. The SMILES string of the molecule is COc1cc(CNC2CCCC2)ccc1Br. The molecule has 3 heteroatoms. The van der Waals surface area contributed by atoms with E-state index in [1.165, 1.54) is 31.2 Å². The van der Waals surface area contributed by atoms with Crippen molar-refractivity contribution in [3.05, 3.63) is 28.2 Å². The molecule has 0 aromatic heterocycles. The van der Waals surface area contributed by atoms with Gasteiger partial charge in [0.15, 0.2) is 0 Å². The van der Waals surface area contributed by atoms with E-state index in [1.807, 2.05) is 6.07 Å². The summed E-state index contributed by atoms with van der Waals surface area (Å²) in [6, 6.07) is 6.99. The molecule has 2 nitrogen and oxygen atoms in total. The molecule has 88 valence electrons. The monoisotopic (exact) mass is 283 g/mol. The third-order valence-corrected chi connectivity index (χ3v) is 3.82. The van der Waals surface area contributed by atoms with Crippen LogP contribution in [0.2, 0.25) is 0 Å². The van der Waals surface area contributed by atoms with Crippen LogP contribution < -0.4 is 10.1 Å². The molecule has 1 saturated carbocycles. The molecule has 1 aromatic rings. The summed E-state index contributed by atoms with van der Waals surface area (Å²) in [5.41, 5.74) is 1.28. The van der Waals surface area contributed by atoms with E-state index in [0.717, 1.165) is 22.8 Å². The number of hydrogen-bond acceptors (Lipinski definition) is 2. The first-order valence-electron chi connectivity index (χ1n) is 5.85. The second-order valence-corrected chi connectivity index (χ2v) is 5.19. The van der Waals surface area contributed by atoms with Crippen LogP contribution in [0, 0.1) is 0 Å². The molecule has 0 unspecified atom stereocenters. The third-order valence-electron chi connectivity index (χ3n) is 3.17. The number of nitrogens with one attached hydrogen (secondary N) is 1. The second kappa shape index (κ2) is 5.69. The maximum Gasteiger partial charge on any atom is 0.133 e. The zero-order chi connectivity index (χ0) is 11.4. The van der Waals surface area contributed by atoms with E-state index in [2.05, 4.69) is 33.4 Å². The molecule has 0 radical (unpaired) electrons. The van der Waals surface area contributed by atoms with E-state index in [0.29, 0.717) is 0 Å². The first kappa shape index (κ1) is 11.9. The molecule has 0 bridgehead atoms. The number of halogens is 1. The summed E-state index contributed by atoms with van der Waals surface area (Å²) in [6.07, 6.45) is 5.41. The minimum atomic E-state index is 0.717. The van der Waals surface area contributed by atoms with E-state index in [4.69, 9.17) is 4.74 Å². The van der Waals surface area contributed by atoms with Gasteiger partial charge in [-0.3, -0.25) is 0 Å². The number of hydrogen-bond donors (Lipinski definition) is 1. The molecule has 1 aliphatic carbocycles. The number of benzene rings is 1. The Labute approximate surface area is 106 Å². The van der Waals surface area contributed by atoms with Crippen LogP contribution in [-0.2, 0) is 6.54 Å². The predicted octanol–water partition coefficient (Wildman–Crippen LogP) is 3.49. The molecular formula is C13H18BrNO. The first-order chi connectivity index (χ1) is 7.79. The van der Waals surface area contributed by atoms with Crippen molar-refractivity contribution >= 4 is 15.9 Å². The molecule has 0 aliphatic heterocycles. The summed E-state index contributed by atoms with van der Waals surface area (Å²) < 4.78 is 6.30. The first-order valence-corrected chi connectivity index (χ1v) is 6.64. The summed E-state index contributed by atoms with van der Waals surface area (Å²) >= 11 is 3.46. The van der Waals surface area contributed by atoms with Crippen molar-refractivity contribution < 1.29 is 4.74 Å². The summed E-state index contributed by atoms with van der Waals surface area (Å²) in [4.78, 5) is 0. The molecule has 1 aliphatic rings. The lowest BCUT2D eigenvalue weighted by Crippen LogP contribution is -2.25. The molecular weight excluding hydrogens is 266 g/mol. The minimum absolute atomic E-state index is 0.717. The highest BCUT2D eigenvalue weighted by Crippen LogP contribution is 2.26. The summed E-state index contributed by atoms with van der Waals surface area (Å²) in [7, 11) is 1.70. The predicted molar refractivity (Wildman–Crippen MR) is 69.8 cm³/mol. The lowest BCUT2D eigenvalue weighted by molar-refractivity contribution is 0.411. The van der Waals surface area contributed by atoms with Gasteiger partial charge in [0.05, 0.1) is 11.6 Å². The number of ether oxygens (including phenoxy) is 1. The Morgan fingerprint density at radius 2 is 2.12 bits per heavy atom. The van der Waals surface area contributed by atoms with Crippen LogP contribution in [-0.4, -0.2) is 13.2 Å². The average Bonchev–Trinajstić information content (AvgIpc) is 2.81. The van der Waals surface area contributed by atoms with Crippen LogP contribution in [0.3, 0.4) is 0 Å². The van der Waals surface area contributed by atoms with Crippen molar-refractivity contribution in [2.75, 3.05) is 7.11 Å². The smallest absolute Gasteiger partial charge is 0.133 e. The summed E-state index contributed by atoms with van der Waals surface area (Å²) in [5, 5.41) is 3.60. The molecule has 2 rings (SSSR count). The molecule has 0 amide bonds. The molecule has 1 fully saturated rings. The van der Waals surface area contributed by atoms with Gasteiger partial charge in [-0.15, -0.1) is 0 Å². The van der Waals surface area contributed by atoms with Crippen LogP contribution in [0.4, 0.5) is 0 Å². The lowest BCUT2D eigenvalue weighted by atomic mass is 10.2. The fourth-order valence-electron chi connectivity index (χ4n) is 2.21. The van der Waals surface area contributed by atoms with Gasteiger partial charge in [0, 0.05) is 12.6 Å². The Bertz CT molecular complexity index is 348. The zero-order valence-corrected chi connectivity index (χ0v) is 11.2. The molecule has 16 heavy (non-hydrogen) atoms. The van der Waals surface area contributed by atoms with Gasteiger partial charge in [-0.25, -0.2) is 0 Å². The summed E-state index contributed by atoms with van der Waals surface area (Å²) in [5.74, 6) is 0.908. The normalized spacial score (nSPS) is 16.6. The van der Waals surface area contributed by atoms with Crippen molar-refractivity contribution in [3.63, 3.8) is 0 Å². The molecule has 0 saturated heterocycles.